The standard InChI is InChI=1S/C11H12F2N2O/c1-2-16-6-5-15-9-4-3-8(7-14)10(12)11(9)13/h3-4,15H,2,5-6H2,1H3. The van der Waals surface area contributed by atoms with E-state index in [1.54, 1.807) is 6.07 Å². The van der Waals surface area contributed by atoms with Crippen LogP contribution in [0.2, 0.25) is 0 Å². The molecule has 16 heavy (non-hydrogen) atoms. The van der Waals surface area contributed by atoms with E-state index in [9.17, 15) is 8.78 Å². The van der Waals surface area contributed by atoms with E-state index in [0.717, 1.165) is 0 Å². The van der Waals surface area contributed by atoms with Gasteiger partial charge in [-0.05, 0) is 19.1 Å². The summed E-state index contributed by atoms with van der Waals surface area (Å²) in [6, 6.07) is 4.15. The zero-order chi connectivity index (χ0) is 12.0. The fourth-order valence-electron chi connectivity index (χ4n) is 1.17. The van der Waals surface area contributed by atoms with Crippen molar-refractivity contribution in [2.24, 2.45) is 0 Å². The van der Waals surface area contributed by atoms with Crippen molar-refractivity contribution in [3.05, 3.63) is 29.3 Å². The first-order chi connectivity index (χ1) is 7.70. The highest BCUT2D eigenvalue weighted by Gasteiger charge is 2.12. The molecule has 3 nitrogen and oxygen atoms in total. The third-order valence-corrected chi connectivity index (χ3v) is 1.97. The van der Waals surface area contributed by atoms with Crippen LogP contribution in [0.1, 0.15) is 12.5 Å². The summed E-state index contributed by atoms with van der Waals surface area (Å²) in [6.45, 7) is 3.22. The Morgan fingerprint density at radius 2 is 2.12 bits per heavy atom. The molecule has 0 heterocycles. The second-order valence-corrected chi connectivity index (χ2v) is 3.02. The summed E-state index contributed by atoms with van der Waals surface area (Å²) in [5.41, 5.74) is -0.260. The zero-order valence-electron chi connectivity index (χ0n) is 8.89. The fourth-order valence-corrected chi connectivity index (χ4v) is 1.17. The molecule has 1 aromatic rings. The SMILES string of the molecule is CCOCCNc1ccc(C#N)c(F)c1F. The zero-order valence-corrected chi connectivity index (χ0v) is 8.89. The Balaban J connectivity index is 2.68. The first-order valence-corrected chi connectivity index (χ1v) is 4.90. The quantitative estimate of drug-likeness (QED) is 0.783. The van der Waals surface area contributed by atoms with Gasteiger partial charge >= 0.3 is 0 Å². The van der Waals surface area contributed by atoms with Crippen molar-refractivity contribution in [2.75, 3.05) is 25.1 Å². The average molecular weight is 226 g/mol. The van der Waals surface area contributed by atoms with Crippen molar-refractivity contribution in [1.82, 2.24) is 0 Å². The van der Waals surface area contributed by atoms with E-state index >= 15 is 0 Å². The number of hydrogen-bond acceptors (Lipinski definition) is 3. The van der Waals surface area contributed by atoms with Gasteiger partial charge in [0.05, 0.1) is 17.9 Å². The van der Waals surface area contributed by atoms with Gasteiger partial charge in [-0.3, -0.25) is 0 Å². The van der Waals surface area contributed by atoms with Crippen molar-refractivity contribution in [1.29, 1.82) is 5.26 Å². The van der Waals surface area contributed by atoms with Crippen LogP contribution in [-0.2, 0) is 4.74 Å². The minimum atomic E-state index is -1.12. The number of ether oxygens (including phenoxy) is 1. The van der Waals surface area contributed by atoms with E-state index in [-0.39, 0.29) is 11.3 Å². The smallest absolute Gasteiger partial charge is 0.183 e. The van der Waals surface area contributed by atoms with Gasteiger partial charge in [0.2, 0.25) is 0 Å². The number of benzene rings is 1. The highest BCUT2D eigenvalue weighted by Crippen LogP contribution is 2.19. The van der Waals surface area contributed by atoms with E-state index in [4.69, 9.17) is 10.00 Å². The van der Waals surface area contributed by atoms with E-state index in [1.165, 1.54) is 12.1 Å². The number of halogens is 2. The van der Waals surface area contributed by atoms with Crippen molar-refractivity contribution in [3.63, 3.8) is 0 Å². The molecule has 0 saturated heterocycles. The molecule has 0 saturated carbocycles. The molecule has 0 aliphatic rings. The van der Waals surface area contributed by atoms with Gasteiger partial charge in [-0.25, -0.2) is 8.78 Å². The van der Waals surface area contributed by atoms with Crippen LogP contribution in [0.4, 0.5) is 14.5 Å². The molecule has 5 heteroatoms. The summed E-state index contributed by atoms with van der Waals surface area (Å²) in [6.07, 6.45) is 0. The maximum Gasteiger partial charge on any atom is 0.183 e. The van der Waals surface area contributed by atoms with Gasteiger partial charge in [0.25, 0.3) is 0 Å². The third-order valence-electron chi connectivity index (χ3n) is 1.97. The molecule has 0 amide bonds. The number of rotatable bonds is 5. The first-order valence-electron chi connectivity index (χ1n) is 4.90. The molecule has 0 fully saturated rings. The molecular formula is C11H12F2N2O. The minimum absolute atomic E-state index is 0.0382. The van der Waals surface area contributed by atoms with Gasteiger partial charge in [0.15, 0.2) is 11.6 Å². The monoisotopic (exact) mass is 226 g/mol. The number of nitriles is 1. The predicted molar refractivity (Wildman–Crippen MR) is 56.1 cm³/mol. The summed E-state index contributed by atoms with van der Waals surface area (Å²) >= 11 is 0. The Morgan fingerprint density at radius 3 is 2.75 bits per heavy atom. The second kappa shape index (κ2) is 6.03. The van der Waals surface area contributed by atoms with E-state index in [0.29, 0.717) is 19.8 Å². The summed E-state index contributed by atoms with van der Waals surface area (Å²) in [7, 11) is 0. The average Bonchev–Trinajstić information content (AvgIpc) is 2.30. The summed E-state index contributed by atoms with van der Waals surface area (Å²) in [4.78, 5) is 0. The molecule has 0 unspecified atom stereocenters. The van der Waals surface area contributed by atoms with Crippen molar-refractivity contribution < 1.29 is 13.5 Å². The third kappa shape index (κ3) is 2.91. The molecule has 0 radical (unpaired) electrons. The molecule has 1 aromatic carbocycles. The Bertz CT molecular complexity index is 402. The van der Waals surface area contributed by atoms with Gasteiger partial charge in [-0.2, -0.15) is 5.26 Å². The fraction of sp³-hybridized carbons (Fsp3) is 0.364. The Kier molecular flexibility index (Phi) is 4.67. The lowest BCUT2D eigenvalue weighted by Gasteiger charge is -2.08. The predicted octanol–water partition coefficient (Wildman–Crippen LogP) is 2.28. The summed E-state index contributed by atoms with van der Waals surface area (Å²) in [5, 5.41) is 11.2. The molecular weight excluding hydrogens is 214 g/mol. The lowest BCUT2D eigenvalue weighted by Crippen LogP contribution is -2.11. The van der Waals surface area contributed by atoms with Crippen LogP contribution in [0.25, 0.3) is 0 Å². The summed E-state index contributed by atoms with van der Waals surface area (Å²) in [5.74, 6) is -2.15. The molecule has 0 spiro atoms. The Labute approximate surface area is 92.6 Å². The highest BCUT2D eigenvalue weighted by molar-refractivity contribution is 5.49. The van der Waals surface area contributed by atoms with E-state index in [2.05, 4.69) is 5.32 Å². The summed E-state index contributed by atoms with van der Waals surface area (Å²) < 4.78 is 31.5. The number of hydrogen-bond donors (Lipinski definition) is 1. The van der Waals surface area contributed by atoms with Gasteiger partial charge in [-0.15, -0.1) is 0 Å². The normalized spacial score (nSPS) is 9.88. The number of nitrogens with zero attached hydrogens (tertiary/aromatic N) is 1. The molecule has 86 valence electrons. The van der Waals surface area contributed by atoms with Crippen LogP contribution < -0.4 is 5.32 Å². The molecule has 0 atom stereocenters. The van der Waals surface area contributed by atoms with Crippen LogP contribution in [0, 0.1) is 23.0 Å². The molecule has 1 N–H and O–H groups in total. The molecule has 0 aromatic heterocycles. The van der Waals surface area contributed by atoms with Crippen LogP contribution in [0.15, 0.2) is 12.1 Å². The number of nitrogens with one attached hydrogen (secondary N) is 1. The molecule has 0 aliphatic carbocycles. The second-order valence-electron chi connectivity index (χ2n) is 3.02. The van der Waals surface area contributed by atoms with Gasteiger partial charge in [0, 0.05) is 13.2 Å². The van der Waals surface area contributed by atoms with E-state index in [1.807, 2.05) is 6.92 Å². The van der Waals surface area contributed by atoms with Crippen LogP contribution in [0.3, 0.4) is 0 Å². The van der Waals surface area contributed by atoms with Crippen molar-refractivity contribution in [3.8, 4) is 6.07 Å². The molecule has 1 rings (SSSR count). The topological polar surface area (TPSA) is 45.0 Å². The molecule has 0 aliphatic heterocycles. The maximum atomic E-state index is 13.3. The van der Waals surface area contributed by atoms with Gasteiger partial charge in [-0.1, -0.05) is 0 Å². The van der Waals surface area contributed by atoms with Gasteiger partial charge in [0.1, 0.15) is 6.07 Å². The number of anilines is 1. The van der Waals surface area contributed by atoms with Crippen molar-refractivity contribution in [2.45, 2.75) is 6.92 Å². The lowest BCUT2D eigenvalue weighted by atomic mass is 10.2. The Morgan fingerprint density at radius 1 is 1.38 bits per heavy atom. The Hall–Kier alpha value is -1.67. The maximum absolute atomic E-state index is 13.3. The largest absolute Gasteiger partial charge is 0.380 e. The van der Waals surface area contributed by atoms with Gasteiger partial charge < -0.3 is 10.1 Å². The highest BCUT2D eigenvalue weighted by atomic mass is 19.2. The minimum Gasteiger partial charge on any atom is -0.380 e. The van der Waals surface area contributed by atoms with Crippen LogP contribution in [0.5, 0.6) is 0 Å². The van der Waals surface area contributed by atoms with Crippen LogP contribution in [-0.4, -0.2) is 19.8 Å². The van der Waals surface area contributed by atoms with Crippen LogP contribution >= 0.6 is 0 Å². The first kappa shape index (κ1) is 12.4. The molecule has 0 bridgehead atoms. The van der Waals surface area contributed by atoms with E-state index < -0.39 is 11.6 Å². The van der Waals surface area contributed by atoms with Crippen molar-refractivity contribution >= 4 is 5.69 Å². The lowest BCUT2D eigenvalue weighted by molar-refractivity contribution is 0.158.